The summed E-state index contributed by atoms with van der Waals surface area (Å²) in [4.78, 5) is 35.6. The van der Waals surface area contributed by atoms with Crippen LogP contribution in [0.5, 0.6) is 0 Å². The van der Waals surface area contributed by atoms with Gasteiger partial charge in [0.25, 0.3) is 0 Å². The monoisotopic (exact) mass is 300 g/mol. The maximum Gasteiger partial charge on any atom is 0.152 e. The molecule has 0 fully saturated rings. The number of benzene rings is 1. The fourth-order valence-electron chi connectivity index (χ4n) is 1.73. The minimum Gasteiger partial charge on any atom is -0.298 e. The molecule has 0 unspecified atom stereocenters. The van der Waals surface area contributed by atoms with Crippen LogP contribution in [0.25, 0.3) is 0 Å². The van der Waals surface area contributed by atoms with Crippen molar-refractivity contribution in [3.05, 3.63) is 16.7 Å². The van der Waals surface area contributed by atoms with E-state index in [4.69, 9.17) is 0 Å². The highest BCUT2D eigenvalue weighted by molar-refractivity contribution is 8.00. The van der Waals surface area contributed by atoms with Crippen LogP contribution in [0.4, 0.5) is 0 Å². The first kappa shape index (κ1) is 15.3. The molecule has 1 aromatic rings. The second-order valence-corrected chi connectivity index (χ2v) is 5.64. The molecule has 0 aromatic heterocycles. The van der Waals surface area contributed by atoms with Crippen molar-refractivity contribution in [3.8, 4) is 0 Å². The van der Waals surface area contributed by atoms with Crippen LogP contribution >= 0.6 is 35.3 Å². The van der Waals surface area contributed by atoms with Gasteiger partial charge in [0.1, 0.15) is 0 Å². The predicted octanol–water partition coefficient (Wildman–Crippen LogP) is 3.29. The van der Waals surface area contributed by atoms with Crippen LogP contribution in [0.3, 0.4) is 0 Å². The fraction of sp³-hybridized carbons (Fsp3) is 0.250. The summed E-state index contributed by atoms with van der Waals surface area (Å²) in [6.07, 6.45) is 7.56. The van der Waals surface area contributed by atoms with E-state index in [1.807, 2.05) is 18.8 Å². The van der Waals surface area contributed by atoms with Gasteiger partial charge in [-0.1, -0.05) is 0 Å². The zero-order chi connectivity index (χ0) is 13.7. The topological polar surface area (TPSA) is 51.2 Å². The largest absolute Gasteiger partial charge is 0.298 e. The molecule has 96 valence electrons. The van der Waals surface area contributed by atoms with Crippen molar-refractivity contribution in [1.82, 2.24) is 0 Å². The van der Waals surface area contributed by atoms with Gasteiger partial charge in [0, 0.05) is 31.4 Å². The lowest BCUT2D eigenvalue weighted by Crippen LogP contribution is -2.03. The van der Waals surface area contributed by atoms with Gasteiger partial charge in [0.2, 0.25) is 0 Å². The first-order valence-electron chi connectivity index (χ1n) is 4.91. The van der Waals surface area contributed by atoms with Gasteiger partial charge in [-0.3, -0.25) is 14.4 Å². The molecule has 0 aliphatic rings. The van der Waals surface area contributed by atoms with Gasteiger partial charge in [0.05, 0.1) is 0 Å². The first-order chi connectivity index (χ1) is 8.69. The van der Waals surface area contributed by atoms with E-state index in [0.717, 1.165) is 0 Å². The molecule has 1 aromatic carbocycles. The third-order valence-corrected chi connectivity index (χ3v) is 4.98. The Balaban J connectivity index is 3.88. The molecule has 0 radical (unpaired) electrons. The van der Waals surface area contributed by atoms with Crippen molar-refractivity contribution in [2.45, 2.75) is 14.7 Å². The first-order valence-corrected chi connectivity index (χ1v) is 8.58. The summed E-state index contributed by atoms with van der Waals surface area (Å²) in [5.41, 5.74) is 1.28. The van der Waals surface area contributed by atoms with Crippen molar-refractivity contribution in [2.75, 3.05) is 18.8 Å². The zero-order valence-corrected chi connectivity index (χ0v) is 12.6. The van der Waals surface area contributed by atoms with Crippen LogP contribution in [0, 0.1) is 0 Å². The molecule has 0 heterocycles. The highest BCUT2D eigenvalue weighted by Gasteiger charge is 2.22. The predicted molar refractivity (Wildman–Crippen MR) is 77.9 cm³/mol. The summed E-state index contributed by atoms with van der Waals surface area (Å²) in [6.45, 7) is 0. The lowest BCUT2D eigenvalue weighted by molar-refractivity contribution is 0.111. The minimum atomic E-state index is 0.428. The van der Waals surface area contributed by atoms with Crippen LogP contribution in [0.15, 0.2) is 14.7 Å². The van der Waals surface area contributed by atoms with E-state index in [2.05, 4.69) is 0 Å². The zero-order valence-electron chi connectivity index (χ0n) is 10.2. The van der Waals surface area contributed by atoms with Gasteiger partial charge >= 0.3 is 0 Å². The number of carbonyl (C=O) groups is 3. The van der Waals surface area contributed by atoms with E-state index in [9.17, 15) is 14.4 Å². The third-order valence-electron chi connectivity index (χ3n) is 2.43. The van der Waals surface area contributed by atoms with E-state index < -0.39 is 0 Å². The number of hydrogen-bond acceptors (Lipinski definition) is 6. The van der Waals surface area contributed by atoms with Crippen molar-refractivity contribution in [2.24, 2.45) is 0 Å². The Morgan fingerprint density at radius 1 is 0.611 bits per heavy atom. The Morgan fingerprint density at radius 3 is 0.944 bits per heavy atom. The summed E-state index contributed by atoms with van der Waals surface area (Å²) in [5, 5.41) is 0. The van der Waals surface area contributed by atoms with Crippen LogP contribution in [-0.4, -0.2) is 37.6 Å². The Kier molecular flexibility index (Phi) is 5.98. The molecular formula is C12H12O3S3. The molecule has 1 rings (SSSR count). The molecule has 0 aliphatic heterocycles. The average Bonchev–Trinajstić information content (AvgIpc) is 2.43. The summed E-state index contributed by atoms with van der Waals surface area (Å²) < 4.78 is 0. The number of hydrogen-bond donors (Lipinski definition) is 0. The van der Waals surface area contributed by atoms with Gasteiger partial charge in [-0.05, 0) is 18.8 Å². The van der Waals surface area contributed by atoms with Gasteiger partial charge in [0.15, 0.2) is 18.9 Å². The second kappa shape index (κ2) is 7.01. The third kappa shape index (κ3) is 2.50. The van der Waals surface area contributed by atoms with Crippen molar-refractivity contribution in [1.29, 1.82) is 0 Å². The summed E-state index contributed by atoms with van der Waals surface area (Å²) in [6, 6.07) is 0. The maximum absolute atomic E-state index is 11.2. The van der Waals surface area contributed by atoms with Crippen LogP contribution in [-0.2, 0) is 0 Å². The minimum absolute atomic E-state index is 0.428. The lowest BCUT2D eigenvalue weighted by Gasteiger charge is -2.16. The molecule has 0 N–H and O–H groups in total. The van der Waals surface area contributed by atoms with Crippen LogP contribution in [0.2, 0.25) is 0 Å². The highest BCUT2D eigenvalue weighted by atomic mass is 32.2. The Hall–Kier alpha value is -0.720. The van der Waals surface area contributed by atoms with Crippen LogP contribution in [0.1, 0.15) is 31.1 Å². The number of carbonyl (C=O) groups excluding carboxylic acids is 3. The van der Waals surface area contributed by atoms with E-state index in [-0.39, 0.29) is 0 Å². The summed E-state index contributed by atoms with van der Waals surface area (Å²) >= 11 is 4.03. The average molecular weight is 300 g/mol. The smallest absolute Gasteiger partial charge is 0.152 e. The molecule has 0 aliphatic carbocycles. The molecule has 0 bridgehead atoms. The normalized spacial score (nSPS) is 10.2. The quantitative estimate of drug-likeness (QED) is 0.593. The van der Waals surface area contributed by atoms with E-state index >= 15 is 0 Å². The van der Waals surface area contributed by atoms with Gasteiger partial charge in [-0.15, -0.1) is 35.3 Å². The second-order valence-electron chi connectivity index (χ2n) is 3.19. The number of thioether (sulfide) groups is 3. The highest BCUT2D eigenvalue weighted by Crippen LogP contribution is 2.39. The molecule has 0 atom stereocenters. The summed E-state index contributed by atoms with van der Waals surface area (Å²) in [5.74, 6) is 0. The standard InChI is InChI=1S/C12H12O3S3/c1-16-10-7(4-13)11(17-2)9(6-15)12(18-3)8(10)5-14/h4-6H,1-3H3. The van der Waals surface area contributed by atoms with E-state index in [1.54, 1.807) is 0 Å². The van der Waals surface area contributed by atoms with Gasteiger partial charge in [-0.2, -0.15) is 0 Å². The molecule has 3 nitrogen and oxygen atoms in total. The molecule has 0 saturated heterocycles. The Labute approximate surface area is 118 Å². The number of aldehydes is 3. The molecular weight excluding hydrogens is 288 g/mol. The van der Waals surface area contributed by atoms with Gasteiger partial charge < -0.3 is 0 Å². The Bertz CT molecular complexity index is 405. The fourth-order valence-corrected chi connectivity index (χ4v) is 4.14. The van der Waals surface area contributed by atoms with Crippen molar-refractivity contribution in [3.63, 3.8) is 0 Å². The maximum atomic E-state index is 11.2. The SMILES string of the molecule is CSc1c(C=O)c(SC)c(C=O)c(SC)c1C=O. The van der Waals surface area contributed by atoms with Crippen LogP contribution < -0.4 is 0 Å². The molecule has 0 saturated carbocycles. The van der Waals surface area contributed by atoms with E-state index in [0.29, 0.717) is 50.2 Å². The molecule has 6 heteroatoms. The number of rotatable bonds is 6. The van der Waals surface area contributed by atoms with Crippen molar-refractivity contribution < 1.29 is 14.4 Å². The Morgan fingerprint density at radius 2 is 0.833 bits per heavy atom. The molecule has 0 spiro atoms. The lowest BCUT2D eigenvalue weighted by atomic mass is 10.1. The molecule has 0 amide bonds. The van der Waals surface area contributed by atoms with Crippen molar-refractivity contribution >= 4 is 54.1 Å². The molecule has 18 heavy (non-hydrogen) atoms. The van der Waals surface area contributed by atoms with E-state index in [1.165, 1.54) is 35.3 Å². The van der Waals surface area contributed by atoms with Gasteiger partial charge in [-0.25, -0.2) is 0 Å². The summed E-state index contributed by atoms with van der Waals surface area (Å²) in [7, 11) is 0.